The number of sulfonamides is 2. The zero-order chi connectivity index (χ0) is 25.8. The Morgan fingerprint density at radius 2 is 1.47 bits per heavy atom. The van der Waals surface area contributed by atoms with Crippen LogP contribution < -0.4 is 9.46 Å². The van der Waals surface area contributed by atoms with E-state index in [4.69, 9.17) is 9.47 Å². The predicted molar refractivity (Wildman–Crippen MR) is 134 cm³/mol. The molecule has 10 nitrogen and oxygen atoms in total. The van der Waals surface area contributed by atoms with E-state index in [1.807, 2.05) is 0 Å². The molecule has 0 atom stereocenters. The first kappa shape index (κ1) is 26.4. The van der Waals surface area contributed by atoms with Crippen LogP contribution in [0.3, 0.4) is 0 Å². The summed E-state index contributed by atoms with van der Waals surface area (Å²) in [5, 5.41) is 0. The molecule has 0 unspecified atom stereocenters. The second-order valence-corrected chi connectivity index (χ2v) is 12.3. The van der Waals surface area contributed by atoms with Crippen molar-refractivity contribution in [3.05, 3.63) is 48.0 Å². The number of benzene rings is 2. The maximum absolute atomic E-state index is 13.1. The standard InChI is InChI=1S/C24H31N3O7S2/c1-33-23-11-10-21(18-22(23)24(28)26-14-16-34-17-15-26)35(29,30)25-19-6-8-20(9-7-19)36(31,32)27-12-4-2-3-5-13-27/h6-11,18,25H,2-5,12-17H2,1H3. The normalized spacial score (nSPS) is 17.9. The molecule has 0 spiro atoms. The Kier molecular flexibility index (Phi) is 8.18. The molecule has 2 aromatic carbocycles. The minimum absolute atomic E-state index is 0.110. The van der Waals surface area contributed by atoms with Gasteiger partial charge in [0.2, 0.25) is 10.0 Å². The van der Waals surface area contributed by atoms with Crippen molar-refractivity contribution in [1.29, 1.82) is 0 Å². The number of carbonyl (C=O) groups excluding carboxylic acids is 1. The lowest BCUT2D eigenvalue weighted by Crippen LogP contribution is -2.40. The van der Waals surface area contributed by atoms with Gasteiger partial charge in [0, 0.05) is 31.9 Å². The Balaban J connectivity index is 1.53. The summed E-state index contributed by atoms with van der Waals surface area (Å²) in [4.78, 5) is 14.6. The van der Waals surface area contributed by atoms with E-state index in [-0.39, 0.29) is 32.7 Å². The predicted octanol–water partition coefficient (Wildman–Crippen LogP) is 2.53. The minimum atomic E-state index is -4.06. The lowest BCUT2D eigenvalue weighted by molar-refractivity contribution is 0.0300. The van der Waals surface area contributed by atoms with Crippen LogP contribution in [0.15, 0.2) is 52.3 Å². The fraction of sp³-hybridized carbons (Fsp3) is 0.458. The van der Waals surface area contributed by atoms with Gasteiger partial charge in [-0.15, -0.1) is 0 Å². The van der Waals surface area contributed by atoms with Crippen molar-refractivity contribution in [3.8, 4) is 5.75 Å². The third-order valence-corrected chi connectivity index (χ3v) is 9.61. The van der Waals surface area contributed by atoms with Crippen LogP contribution in [0.1, 0.15) is 36.0 Å². The molecule has 2 aliphatic heterocycles. The largest absolute Gasteiger partial charge is 0.496 e. The van der Waals surface area contributed by atoms with E-state index >= 15 is 0 Å². The maximum atomic E-state index is 13.1. The highest BCUT2D eigenvalue weighted by Gasteiger charge is 2.27. The highest BCUT2D eigenvalue weighted by molar-refractivity contribution is 7.92. The van der Waals surface area contributed by atoms with Crippen molar-refractivity contribution in [3.63, 3.8) is 0 Å². The summed E-state index contributed by atoms with van der Waals surface area (Å²) in [5.74, 6) is -0.0659. The zero-order valence-corrected chi connectivity index (χ0v) is 21.8. The second kappa shape index (κ2) is 11.2. The molecule has 196 valence electrons. The van der Waals surface area contributed by atoms with Crippen molar-refractivity contribution < 1.29 is 31.1 Å². The third-order valence-electron chi connectivity index (χ3n) is 6.32. The molecule has 2 heterocycles. The number of nitrogens with one attached hydrogen (secondary N) is 1. The molecule has 0 aliphatic carbocycles. The van der Waals surface area contributed by atoms with Crippen LogP contribution in [0.2, 0.25) is 0 Å². The summed E-state index contributed by atoms with van der Waals surface area (Å²) in [6, 6.07) is 9.74. The smallest absolute Gasteiger partial charge is 0.261 e. The fourth-order valence-electron chi connectivity index (χ4n) is 4.30. The zero-order valence-electron chi connectivity index (χ0n) is 20.2. The third kappa shape index (κ3) is 5.83. The summed E-state index contributed by atoms with van der Waals surface area (Å²) in [7, 11) is -6.28. The Bertz CT molecular complexity index is 1280. The van der Waals surface area contributed by atoms with Crippen LogP contribution in [0.5, 0.6) is 5.75 Å². The van der Waals surface area contributed by atoms with Gasteiger partial charge in [0.05, 0.1) is 35.7 Å². The van der Waals surface area contributed by atoms with Crippen LogP contribution >= 0.6 is 0 Å². The van der Waals surface area contributed by atoms with Crippen molar-refractivity contribution in [2.45, 2.75) is 35.5 Å². The van der Waals surface area contributed by atoms with E-state index in [1.54, 1.807) is 4.90 Å². The number of morpholine rings is 1. The van der Waals surface area contributed by atoms with Crippen molar-refractivity contribution in [2.24, 2.45) is 0 Å². The molecule has 4 rings (SSSR count). The number of hydrogen-bond donors (Lipinski definition) is 1. The summed E-state index contributed by atoms with van der Waals surface area (Å²) >= 11 is 0. The van der Waals surface area contributed by atoms with Crippen molar-refractivity contribution in [2.75, 3.05) is 51.2 Å². The van der Waals surface area contributed by atoms with E-state index in [9.17, 15) is 21.6 Å². The molecule has 36 heavy (non-hydrogen) atoms. The highest BCUT2D eigenvalue weighted by atomic mass is 32.2. The van der Waals surface area contributed by atoms with Crippen molar-refractivity contribution in [1.82, 2.24) is 9.21 Å². The van der Waals surface area contributed by atoms with Gasteiger partial charge in [-0.05, 0) is 55.3 Å². The van der Waals surface area contributed by atoms with Crippen LogP contribution in [-0.4, -0.2) is 78.5 Å². The molecular weight excluding hydrogens is 506 g/mol. The maximum Gasteiger partial charge on any atom is 0.261 e. The van der Waals surface area contributed by atoms with Crippen LogP contribution in [0, 0.1) is 0 Å². The summed E-state index contributed by atoms with van der Waals surface area (Å²) in [6.07, 6.45) is 3.68. The van der Waals surface area contributed by atoms with Gasteiger partial charge in [0.1, 0.15) is 5.75 Å². The highest BCUT2D eigenvalue weighted by Crippen LogP contribution is 2.27. The number of carbonyl (C=O) groups is 1. The van der Waals surface area contributed by atoms with E-state index in [0.717, 1.165) is 25.7 Å². The minimum Gasteiger partial charge on any atom is -0.496 e. The SMILES string of the molecule is COc1ccc(S(=O)(=O)Nc2ccc(S(=O)(=O)N3CCCCCC3)cc2)cc1C(=O)N1CCOCC1. The van der Waals surface area contributed by atoms with Crippen LogP contribution in [0.4, 0.5) is 5.69 Å². The number of ether oxygens (including phenoxy) is 2. The summed E-state index contributed by atoms with van der Waals surface area (Å²) in [6.45, 7) is 2.61. The lowest BCUT2D eigenvalue weighted by Gasteiger charge is -2.27. The molecule has 2 fully saturated rings. The van der Waals surface area contributed by atoms with Gasteiger partial charge in [0.15, 0.2) is 0 Å². The molecule has 2 saturated heterocycles. The monoisotopic (exact) mass is 537 g/mol. The van der Waals surface area contributed by atoms with Gasteiger partial charge >= 0.3 is 0 Å². The van der Waals surface area contributed by atoms with E-state index in [0.29, 0.717) is 39.4 Å². The van der Waals surface area contributed by atoms with Gasteiger partial charge in [-0.2, -0.15) is 4.31 Å². The van der Waals surface area contributed by atoms with Gasteiger partial charge in [-0.3, -0.25) is 9.52 Å². The number of nitrogens with zero attached hydrogens (tertiary/aromatic N) is 2. The Hall–Kier alpha value is -2.67. The molecule has 2 aliphatic rings. The molecule has 1 amide bonds. The van der Waals surface area contributed by atoms with E-state index < -0.39 is 20.0 Å². The fourth-order valence-corrected chi connectivity index (χ4v) is 6.90. The molecular formula is C24H31N3O7S2. The van der Waals surface area contributed by atoms with Gasteiger partial charge < -0.3 is 14.4 Å². The average molecular weight is 538 g/mol. The number of methoxy groups -OCH3 is 1. The molecule has 0 saturated carbocycles. The average Bonchev–Trinajstić information content (AvgIpc) is 3.19. The molecule has 1 N–H and O–H groups in total. The molecule has 2 aromatic rings. The molecule has 12 heteroatoms. The van der Waals surface area contributed by atoms with Crippen LogP contribution in [-0.2, 0) is 24.8 Å². The first-order chi connectivity index (χ1) is 17.2. The first-order valence-electron chi connectivity index (χ1n) is 11.9. The Labute approximate surface area is 212 Å². The van der Waals surface area contributed by atoms with Crippen molar-refractivity contribution >= 4 is 31.6 Å². The van der Waals surface area contributed by atoms with E-state index in [1.165, 1.54) is 53.9 Å². The molecule has 0 aromatic heterocycles. The Morgan fingerprint density at radius 3 is 2.08 bits per heavy atom. The Morgan fingerprint density at radius 1 is 0.861 bits per heavy atom. The van der Waals surface area contributed by atoms with Gasteiger partial charge in [0.25, 0.3) is 15.9 Å². The van der Waals surface area contributed by atoms with E-state index in [2.05, 4.69) is 4.72 Å². The number of hydrogen-bond acceptors (Lipinski definition) is 7. The second-order valence-electron chi connectivity index (χ2n) is 8.71. The lowest BCUT2D eigenvalue weighted by atomic mass is 10.1. The molecule has 0 radical (unpaired) electrons. The van der Waals surface area contributed by atoms with Crippen LogP contribution in [0.25, 0.3) is 0 Å². The topological polar surface area (TPSA) is 122 Å². The van der Waals surface area contributed by atoms with Gasteiger partial charge in [-0.1, -0.05) is 12.8 Å². The molecule has 0 bridgehead atoms. The first-order valence-corrected chi connectivity index (χ1v) is 14.8. The quantitative estimate of drug-likeness (QED) is 0.576. The summed E-state index contributed by atoms with van der Waals surface area (Å²) in [5.41, 5.74) is 0.350. The number of anilines is 1. The van der Waals surface area contributed by atoms with Gasteiger partial charge in [-0.25, -0.2) is 16.8 Å². The number of rotatable bonds is 7. The summed E-state index contributed by atoms with van der Waals surface area (Å²) < 4.78 is 66.7. The number of amides is 1.